The number of allylic oxidation sites excluding steroid dienone is 1. The lowest BCUT2D eigenvalue weighted by Crippen LogP contribution is -2.65. The molecule has 42 heavy (non-hydrogen) atoms. The van der Waals surface area contributed by atoms with Crippen LogP contribution in [0.1, 0.15) is 83.6 Å². The molecule has 1 spiro atoms. The van der Waals surface area contributed by atoms with Gasteiger partial charge < -0.3 is 19.7 Å². The van der Waals surface area contributed by atoms with E-state index >= 15 is 8.78 Å². The number of halogens is 5. The Morgan fingerprint density at radius 2 is 1.55 bits per heavy atom. The van der Waals surface area contributed by atoms with Crippen molar-refractivity contribution in [3.63, 3.8) is 0 Å². The summed E-state index contributed by atoms with van der Waals surface area (Å²) in [7, 11) is 0. The van der Waals surface area contributed by atoms with Gasteiger partial charge in [-0.15, -0.1) is 11.8 Å². The minimum absolute atomic E-state index is 0.0593. The predicted molar refractivity (Wildman–Crippen MR) is 149 cm³/mol. The second-order valence-electron chi connectivity index (χ2n) is 14.5. The molecule has 3 saturated carbocycles. The lowest BCUT2D eigenvalue weighted by Gasteiger charge is -2.59. The van der Waals surface area contributed by atoms with Gasteiger partial charge in [0.05, 0.1) is 18.8 Å². The summed E-state index contributed by atoms with van der Waals surface area (Å²) in [5, 5.41) is 23.7. The fraction of sp³-hybridized carbons (Fsp3) is 0.750. The van der Waals surface area contributed by atoms with Crippen molar-refractivity contribution in [3.05, 3.63) is 41.0 Å². The minimum atomic E-state index is -5.87. The molecule has 1 aromatic carbocycles. The Morgan fingerprint density at radius 3 is 2.14 bits per heavy atom. The monoisotopic (exact) mass is 616 g/mol. The fourth-order valence-electron chi connectivity index (χ4n) is 9.14. The zero-order valence-electron chi connectivity index (χ0n) is 24.6. The zero-order chi connectivity index (χ0) is 30.6. The van der Waals surface area contributed by atoms with Crippen LogP contribution in [0.15, 0.2) is 40.3 Å². The van der Waals surface area contributed by atoms with Gasteiger partial charge in [-0.25, -0.2) is 0 Å². The average Bonchev–Trinajstić information content (AvgIpc) is 3.20. The molecule has 5 aliphatic rings. The van der Waals surface area contributed by atoms with Crippen LogP contribution in [-0.2, 0) is 9.47 Å². The second kappa shape index (κ2) is 9.65. The summed E-state index contributed by atoms with van der Waals surface area (Å²) < 4.78 is 84.4. The highest BCUT2D eigenvalue weighted by Gasteiger charge is 2.79. The first kappa shape index (κ1) is 30.8. The quantitative estimate of drug-likeness (QED) is 0.208. The van der Waals surface area contributed by atoms with Crippen LogP contribution in [0.4, 0.5) is 22.0 Å². The van der Waals surface area contributed by atoms with Crippen molar-refractivity contribution in [2.24, 2.45) is 22.7 Å². The third-order valence-corrected chi connectivity index (χ3v) is 12.2. The van der Waals surface area contributed by atoms with Crippen molar-refractivity contribution in [1.82, 2.24) is 0 Å². The Kier molecular flexibility index (Phi) is 7.08. The van der Waals surface area contributed by atoms with E-state index in [9.17, 15) is 23.4 Å². The minimum Gasteiger partial charge on any atom is -0.385 e. The topological polar surface area (TPSA) is 58.9 Å². The highest BCUT2D eigenvalue weighted by Crippen LogP contribution is 2.71. The zero-order valence-corrected chi connectivity index (χ0v) is 25.4. The smallest absolute Gasteiger partial charge is 0.385 e. The standard InChI is InChI=1S/C32H41F5O4S/c1-26(2)17-40-29(41-18-26)13-10-24-25-21(9-12-28(24,38)16-29)23-11-14-30(39,31(33,34)32(35,36)37)27(23,3)15-22(25)19-5-7-20(42-4)8-6-19/h5-8,21-23,38-39H,9-18H2,1-4H3/t21?,22-,23?,27+,28-,30+/m1/s1. The van der Waals surface area contributed by atoms with E-state index in [0.29, 0.717) is 38.9 Å². The molecule has 4 fully saturated rings. The van der Waals surface area contributed by atoms with Crippen LogP contribution in [0.3, 0.4) is 0 Å². The number of benzene rings is 1. The van der Waals surface area contributed by atoms with Crippen LogP contribution in [0.5, 0.6) is 0 Å². The molecule has 10 heteroatoms. The maximum Gasteiger partial charge on any atom is 0.456 e. The number of fused-ring (bicyclic) bond motifs is 4. The first-order chi connectivity index (χ1) is 19.4. The Hall–Kier alpha value is -1.20. The van der Waals surface area contributed by atoms with E-state index in [-0.39, 0.29) is 30.6 Å². The molecule has 6 atom stereocenters. The largest absolute Gasteiger partial charge is 0.456 e. The summed E-state index contributed by atoms with van der Waals surface area (Å²) in [5.41, 5.74) is -3.63. The van der Waals surface area contributed by atoms with E-state index in [4.69, 9.17) is 9.47 Å². The normalized spacial score (nSPS) is 39.5. The van der Waals surface area contributed by atoms with Gasteiger partial charge in [-0.2, -0.15) is 22.0 Å². The summed E-state index contributed by atoms with van der Waals surface area (Å²) in [5.74, 6) is -7.55. The molecule has 0 amide bonds. The number of thioether (sulfide) groups is 1. The van der Waals surface area contributed by atoms with Crippen LogP contribution in [0, 0.1) is 22.7 Å². The first-order valence-corrected chi connectivity index (χ1v) is 16.2. The third-order valence-electron chi connectivity index (χ3n) is 11.4. The molecule has 0 bridgehead atoms. The molecule has 2 unspecified atom stereocenters. The van der Waals surface area contributed by atoms with E-state index in [1.54, 1.807) is 11.8 Å². The molecule has 234 valence electrons. The van der Waals surface area contributed by atoms with Gasteiger partial charge in [0.2, 0.25) is 0 Å². The second-order valence-corrected chi connectivity index (χ2v) is 15.3. The summed E-state index contributed by atoms with van der Waals surface area (Å²) in [6, 6.07) is 7.68. The van der Waals surface area contributed by atoms with Crippen LogP contribution in [0.2, 0.25) is 0 Å². The number of hydrogen-bond donors (Lipinski definition) is 2. The van der Waals surface area contributed by atoms with Gasteiger partial charge in [-0.3, -0.25) is 0 Å². The lowest BCUT2D eigenvalue weighted by atomic mass is 9.49. The fourth-order valence-corrected chi connectivity index (χ4v) is 9.55. The molecule has 1 aromatic rings. The number of hydrogen-bond acceptors (Lipinski definition) is 5. The molecule has 1 heterocycles. The first-order valence-electron chi connectivity index (χ1n) is 15.0. The number of alkyl halides is 5. The highest BCUT2D eigenvalue weighted by molar-refractivity contribution is 7.98. The Bertz CT molecular complexity index is 1250. The van der Waals surface area contributed by atoms with Gasteiger partial charge in [-0.05, 0) is 79.9 Å². The van der Waals surface area contributed by atoms with E-state index in [0.717, 1.165) is 21.6 Å². The number of ether oxygens (including phenoxy) is 2. The van der Waals surface area contributed by atoms with Crippen LogP contribution < -0.4 is 0 Å². The summed E-state index contributed by atoms with van der Waals surface area (Å²) in [6.45, 7) is 6.58. The maximum absolute atomic E-state index is 15.2. The van der Waals surface area contributed by atoms with Gasteiger partial charge in [0, 0.05) is 34.5 Å². The summed E-state index contributed by atoms with van der Waals surface area (Å²) in [6.07, 6.45) is -2.47. The van der Waals surface area contributed by atoms with Gasteiger partial charge >= 0.3 is 12.1 Å². The average molecular weight is 617 g/mol. The van der Waals surface area contributed by atoms with Gasteiger partial charge in [0.25, 0.3) is 0 Å². The summed E-state index contributed by atoms with van der Waals surface area (Å²) in [4.78, 5) is 1.00. The molecule has 2 N–H and O–H groups in total. The highest BCUT2D eigenvalue weighted by atomic mass is 32.2. The van der Waals surface area contributed by atoms with E-state index < -0.39 is 52.8 Å². The molecule has 4 aliphatic carbocycles. The molecule has 1 saturated heterocycles. The van der Waals surface area contributed by atoms with Crippen molar-refractivity contribution in [3.8, 4) is 0 Å². The van der Waals surface area contributed by atoms with E-state index in [2.05, 4.69) is 13.8 Å². The van der Waals surface area contributed by atoms with Crippen LogP contribution in [0.25, 0.3) is 0 Å². The third kappa shape index (κ3) is 4.36. The van der Waals surface area contributed by atoms with Crippen molar-refractivity contribution in [1.29, 1.82) is 0 Å². The molecular weight excluding hydrogens is 575 g/mol. The predicted octanol–water partition coefficient (Wildman–Crippen LogP) is 7.63. The molecule has 4 nitrogen and oxygen atoms in total. The number of aliphatic hydroxyl groups is 2. The molecular formula is C32H41F5O4S. The summed E-state index contributed by atoms with van der Waals surface area (Å²) >= 11 is 1.55. The molecule has 0 radical (unpaired) electrons. The van der Waals surface area contributed by atoms with Crippen LogP contribution >= 0.6 is 11.8 Å². The van der Waals surface area contributed by atoms with Crippen molar-refractivity contribution >= 4 is 11.8 Å². The molecule has 1 aliphatic heterocycles. The maximum atomic E-state index is 15.2. The van der Waals surface area contributed by atoms with Gasteiger partial charge in [0.15, 0.2) is 5.79 Å². The molecule has 0 aromatic heterocycles. The molecule has 6 rings (SSSR count). The van der Waals surface area contributed by atoms with Crippen molar-refractivity contribution < 1.29 is 41.6 Å². The lowest BCUT2D eigenvalue weighted by molar-refractivity contribution is -0.362. The van der Waals surface area contributed by atoms with E-state index in [1.165, 1.54) is 6.92 Å². The van der Waals surface area contributed by atoms with Gasteiger partial charge in [-0.1, -0.05) is 38.5 Å². The Balaban J connectivity index is 1.45. The van der Waals surface area contributed by atoms with Crippen molar-refractivity contribution in [2.45, 2.75) is 112 Å². The number of rotatable bonds is 3. The van der Waals surface area contributed by atoms with E-state index in [1.807, 2.05) is 30.5 Å². The SMILES string of the molecule is CSc1ccc([C@H]2C[C@@]3(C)C(CC[C@@]3(O)C(F)(F)C(F)(F)F)C3CC[C@@]4(O)CC5(CCC4=C32)OCC(C)(C)CO5)cc1. The Labute approximate surface area is 248 Å². The van der Waals surface area contributed by atoms with Crippen LogP contribution in [-0.4, -0.2) is 58.8 Å². The van der Waals surface area contributed by atoms with Crippen molar-refractivity contribution in [2.75, 3.05) is 19.5 Å². The van der Waals surface area contributed by atoms with Gasteiger partial charge in [0.1, 0.15) is 5.60 Å². The Morgan fingerprint density at radius 1 is 0.905 bits per heavy atom.